The van der Waals surface area contributed by atoms with Crippen molar-refractivity contribution in [3.8, 4) is 11.1 Å². The maximum absolute atomic E-state index is 12.5. The number of pyridine rings is 1. The van der Waals surface area contributed by atoms with E-state index in [1.807, 2.05) is 36.4 Å². The highest BCUT2D eigenvalue weighted by molar-refractivity contribution is 5.93. The predicted molar refractivity (Wildman–Crippen MR) is 172 cm³/mol. The number of amides is 1. The average molecular weight is 608 g/mol. The number of likely N-dealkylation sites (tertiary alicyclic amines) is 1. The summed E-state index contributed by atoms with van der Waals surface area (Å²) in [6.45, 7) is 4.44. The van der Waals surface area contributed by atoms with Gasteiger partial charge in [0.25, 0.3) is 5.91 Å². The molecule has 0 saturated carbocycles. The monoisotopic (exact) mass is 607 g/mol. The van der Waals surface area contributed by atoms with E-state index in [-0.39, 0.29) is 43.3 Å². The molecule has 3 N–H and O–H groups in total. The molecule has 234 valence electrons. The fourth-order valence-electron chi connectivity index (χ4n) is 6.38. The van der Waals surface area contributed by atoms with Crippen molar-refractivity contribution in [3.63, 3.8) is 0 Å². The zero-order valence-corrected chi connectivity index (χ0v) is 25.6. The van der Waals surface area contributed by atoms with E-state index in [0.29, 0.717) is 12.1 Å². The number of hydrogen-bond donors (Lipinski definition) is 3. The Morgan fingerprint density at radius 1 is 0.933 bits per heavy atom. The SMILES string of the molecule is C[C@H]1[C@@H](CN2CCC[C@H]2CO)O[C@@H](c2ccc(-c3cccc(CNC(=O)c4cccnc4)c3)cc2)O[C@H]1c1ccc(CO)cc1. The summed E-state index contributed by atoms with van der Waals surface area (Å²) in [5, 5.41) is 22.4. The summed E-state index contributed by atoms with van der Waals surface area (Å²) in [5.74, 6) is -0.0703. The molecule has 0 aliphatic carbocycles. The second kappa shape index (κ2) is 14.5. The van der Waals surface area contributed by atoms with Gasteiger partial charge in [-0.3, -0.25) is 14.7 Å². The predicted octanol–water partition coefficient (Wildman–Crippen LogP) is 5.42. The number of hydrogen-bond acceptors (Lipinski definition) is 7. The lowest BCUT2D eigenvalue weighted by atomic mass is 9.89. The van der Waals surface area contributed by atoms with Gasteiger partial charge in [-0.1, -0.05) is 73.7 Å². The van der Waals surface area contributed by atoms with Crippen molar-refractivity contribution in [1.82, 2.24) is 15.2 Å². The van der Waals surface area contributed by atoms with Gasteiger partial charge < -0.3 is 25.0 Å². The topological polar surface area (TPSA) is 104 Å². The molecule has 5 atom stereocenters. The molecule has 0 bridgehead atoms. The number of aliphatic hydroxyl groups is 2. The van der Waals surface area contributed by atoms with Crippen molar-refractivity contribution in [2.45, 2.75) is 57.5 Å². The van der Waals surface area contributed by atoms with Gasteiger partial charge in [0.2, 0.25) is 0 Å². The quantitative estimate of drug-likeness (QED) is 0.221. The Balaban J connectivity index is 1.18. The molecule has 2 saturated heterocycles. The molecule has 8 nitrogen and oxygen atoms in total. The maximum atomic E-state index is 12.5. The number of aromatic nitrogens is 1. The van der Waals surface area contributed by atoms with Crippen LogP contribution in [0.25, 0.3) is 11.1 Å². The summed E-state index contributed by atoms with van der Waals surface area (Å²) in [6.07, 6.45) is 4.47. The fourth-order valence-corrected chi connectivity index (χ4v) is 6.38. The van der Waals surface area contributed by atoms with E-state index in [4.69, 9.17) is 9.47 Å². The van der Waals surface area contributed by atoms with Gasteiger partial charge in [0.05, 0.1) is 31.0 Å². The van der Waals surface area contributed by atoms with Crippen LogP contribution in [0.3, 0.4) is 0 Å². The van der Waals surface area contributed by atoms with Gasteiger partial charge in [0.1, 0.15) is 0 Å². The number of nitrogens with zero attached hydrogens (tertiary/aromatic N) is 2. The van der Waals surface area contributed by atoms with Gasteiger partial charge in [0.15, 0.2) is 6.29 Å². The van der Waals surface area contributed by atoms with Gasteiger partial charge >= 0.3 is 0 Å². The number of carbonyl (C=O) groups is 1. The Kier molecular flexibility index (Phi) is 9.98. The van der Waals surface area contributed by atoms with E-state index in [0.717, 1.165) is 59.3 Å². The number of carbonyl (C=O) groups excluding carboxylic acids is 1. The molecule has 8 heteroatoms. The van der Waals surface area contributed by atoms with E-state index < -0.39 is 6.29 Å². The Labute approximate surface area is 264 Å². The van der Waals surface area contributed by atoms with Crippen molar-refractivity contribution in [2.75, 3.05) is 19.7 Å². The first-order valence-corrected chi connectivity index (χ1v) is 15.8. The Hall–Kier alpha value is -3.92. The molecule has 3 aromatic carbocycles. The van der Waals surface area contributed by atoms with Crippen LogP contribution >= 0.6 is 0 Å². The lowest BCUT2D eigenvalue weighted by molar-refractivity contribution is -0.276. The molecule has 6 rings (SSSR count). The number of aliphatic hydroxyl groups excluding tert-OH is 2. The summed E-state index contributed by atoms with van der Waals surface area (Å²) < 4.78 is 13.3. The van der Waals surface area contributed by atoms with Gasteiger partial charge in [-0.25, -0.2) is 0 Å². The summed E-state index contributed by atoms with van der Waals surface area (Å²) in [5.41, 5.74) is 6.50. The average Bonchev–Trinajstić information content (AvgIpc) is 3.56. The lowest BCUT2D eigenvalue weighted by Gasteiger charge is -2.43. The third-order valence-corrected chi connectivity index (χ3v) is 9.07. The third-order valence-electron chi connectivity index (χ3n) is 9.07. The van der Waals surface area contributed by atoms with E-state index >= 15 is 0 Å². The molecule has 4 aromatic rings. The molecule has 0 radical (unpaired) electrons. The standard InChI is InChI=1S/C37H41N3O5/c1-25-34(22-40-18-4-8-33(40)24-42)44-37(45-35(25)29-11-9-26(23-41)10-12-29)30-15-13-28(14-16-30)31-6-2-5-27(19-31)20-39-36(43)32-7-3-17-38-21-32/h2-3,5-7,9-17,19,21,25,33-35,37,41-42H,4,8,18,20,22-24H2,1H3,(H,39,43)/t25-,33-,34+,35+,37+/m0/s1. The molecule has 1 aromatic heterocycles. The van der Waals surface area contributed by atoms with Crippen LogP contribution in [-0.4, -0.2) is 57.8 Å². The zero-order valence-electron chi connectivity index (χ0n) is 25.6. The first-order chi connectivity index (χ1) is 22.0. The first-order valence-electron chi connectivity index (χ1n) is 15.8. The fraction of sp³-hybridized carbons (Fsp3) is 0.351. The maximum Gasteiger partial charge on any atom is 0.253 e. The highest BCUT2D eigenvalue weighted by atomic mass is 16.7. The van der Waals surface area contributed by atoms with Gasteiger partial charge in [-0.2, -0.15) is 0 Å². The summed E-state index contributed by atoms with van der Waals surface area (Å²) in [4.78, 5) is 18.8. The van der Waals surface area contributed by atoms with Crippen LogP contribution in [0.5, 0.6) is 0 Å². The smallest absolute Gasteiger partial charge is 0.253 e. The van der Waals surface area contributed by atoms with Crippen LogP contribution in [0.2, 0.25) is 0 Å². The van der Waals surface area contributed by atoms with Crippen molar-refractivity contribution >= 4 is 5.91 Å². The van der Waals surface area contributed by atoms with Gasteiger partial charge in [0, 0.05) is 43.0 Å². The molecular weight excluding hydrogens is 566 g/mol. The molecule has 2 aliphatic rings. The van der Waals surface area contributed by atoms with Crippen LogP contribution in [0.4, 0.5) is 0 Å². The Morgan fingerprint density at radius 3 is 2.47 bits per heavy atom. The summed E-state index contributed by atoms with van der Waals surface area (Å²) in [6, 6.07) is 28.0. The lowest BCUT2D eigenvalue weighted by Crippen LogP contribution is -2.46. The number of ether oxygens (including phenoxy) is 2. The Morgan fingerprint density at radius 2 is 1.73 bits per heavy atom. The molecule has 2 aliphatic heterocycles. The van der Waals surface area contributed by atoms with Crippen LogP contribution in [-0.2, 0) is 22.6 Å². The second-order valence-electron chi connectivity index (χ2n) is 12.0. The third kappa shape index (κ3) is 7.32. The van der Waals surface area contributed by atoms with E-state index in [1.165, 1.54) is 0 Å². The van der Waals surface area contributed by atoms with Crippen molar-refractivity contribution in [2.24, 2.45) is 5.92 Å². The number of benzene rings is 3. The van der Waals surface area contributed by atoms with E-state index in [9.17, 15) is 15.0 Å². The van der Waals surface area contributed by atoms with E-state index in [2.05, 4.69) is 58.5 Å². The normalized spacial score (nSPS) is 23.6. The van der Waals surface area contributed by atoms with E-state index in [1.54, 1.807) is 24.5 Å². The second-order valence-corrected chi connectivity index (χ2v) is 12.0. The van der Waals surface area contributed by atoms with Crippen LogP contribution in [0.15, 0.2) is 97.3 Å². The van der Waals surface area contributed by atoms with Gasteiger partial charge in [-0.15, -0.1) is 0 Å². The number of nitrogens with one attached hydrogen (secondary N) is 1. The highest BCUT2D eigenvalue weighted by Gasteiger charge is 2.40. The molecule has 45 heavy (non-hydrogen) atoms. The first kappa shape index (κ1) is 31.1. The minimum Gasteiger partial charge on any atom is -0.395 e. The molecule has 1 amide bonds. The van der Waals surface area contributed by atoms with Crippen molar-refractivity contribution < 1.29 is 24.5 Å². The minimum absolute atomic E-state index is 0.00250. The summed E-state index contributed by atoms with van der Waals surface area (Å²) in [7, 11) is 0. The highest BCUT2D eigenvalue weighted by Crippen LogP contribution is 2.42. The summed E-state index contributed by atoms with van der Waals surface area (Å²) >= 11 is 0. The molecular formula is C37H41N3O5. The molecule has 0 unspecified atom stereocenters. The van der Waals surface area contributed by atoms with Crippen molar-refractivity contribution in [1.29, 1.82) is 0 Å². The zero-order chi connectivity index (χ0) is 31.2. The van der Waals surface area contributed by atoms with Gasteiger partial charge in [-0.05, 0) is 65.4 Å². The molecule has 2 fully saturated rings. The van der Waals surface area contributed by atoms with Crippen LogP contribution in [0, 0.1) is 5.92 Å². The molecule has 0 spiro atoms. The number of rotatable bonds is 10. The van der Waals surface area contributed by atoms with Crippen molar-refractivity contribution in [3.05, 3.63) is 125 Å². The van der Waals surface area contributed by atoms with Crippen LogP contribution < -0.4 is 5.32 Å². The molecule has 3 heterocycles. The Bertz CT molecular complexity index is 1550. The minimum atomic E-state index is -0.549. The largest absolute Gasteiger partial charge is 0.395 e. The van der Waals surface area contributed by atoms with Crippen LogP contribution in [0.1, 0.15) is 64.8 Å².